The van der Waals surface area contributed by atoms with Gasteiger partial charge in [-0.15, -0.1) is 0 Å². The van der Waals surface area contributed by atoms with Gasteiger partial charge in [0.2, 0.25) is 5.89 Å². The van der Waals surface area contributed by atoms with Crippen LogP contribution in [0, 0.1) is 0 Å². The number of rotatable bonds is 8. The molecule has 2 rings (SSSR count). The molecule has 120 valence electrons. The second-order valence-corrected chi connectivity index (χ2v) is 6.02. The van der Waals surface area contributed by atoms with Crippen molar-refractivity contribution in [3.63, 3.8) is 0 Å². The number of hydrogen-bond donors (Lipinski definition) is 1. The normalized spacial score (nSPS) is 20.3. The molecule has 1 aliphatic rings. The van der Waals surface area contributed by atoms with Crippen molar-refractivity contribution in [2.24, 2.45) is 0 Å². The van der Waals surface area contributed by atoms with E-state index in [2.05, 4.69) is 34.2 Å². The van der Waals surface area contributed by atoms with E-state index in [1.54, 1.807) is 7.11 Å². The predicted octanol–water partition coefficient (Wildman–Crippen LogP) is 1.78. The van der Waals surface area contributed by atoms with Gasteiger partial charge in [-0.25, -0.2) is 0 Å². The van der Waals surface area contributed by atoms with Crippen LogP contribution in [0.5, 0.6) is 0 Å². The van der Waals surface area contributed by atoms with E-state index in [9.17, 15) is 0 Å². The summed E-state index contributed by atoms with van der Waals surface area (Å²) in [6.07, 6.45) is 3.79. The Bertz CT molecular complexity index is 408. The summed E-state index contributed by atoms with van der Waals surface area (Å²) in [6.45, 7) is 8.70. The first-order valence-electron chi connectivity index (χ1n) is 7.97. The van der Waals surface area contributed by atoms with E-state index >= 15 is 0 Å². The smallest absolute Gasteiger partial charge is 0.229 e. The molecule has 6 nitrogen and oxygen atoms in total. The summed E-state index contributed by atoms with van der Waals surface area (Å²) >= 11 is 0. The van der Waals surface area contributed by atoms with Crippen molar-refractivity contribution in [2.75, 3.05) is 33.4 Å². The average molecular weight is 296 g/mol. The molecule has 1 saturated heterocycles. The molecule has 1 aromatic rings. The Balaban J connectivity index is 1.85. The molecule has 0 spiro atoms. The Morgan fingerprint density at radius 2 is 2.29 bits per heavy atom. The molecular weight excluding hydrogens is 268 g/mol. The quantitative estimate of drug-likeness (QED) is 0.738. The third-order valence-electron chi connectivity index (χ3n) is 3.93. The maximum Gasteiger partial charge on any atom is 0.229 e. The zero-order valence-corrected chi connectivity index (χ0v) is 13.5. The summed E-state index contributed by atoms with van der Waals surface area (Å²) in [5.41, 5.74) is 0. The van der Waals surface area contributed by atoms with E-state index in [4.69, 9.17) is 9.26 Å². The van der Waals surface area contributed by atoms with Gasteiger partial charge in [-0.2, -0.15) is 4.98 Å². The van der Waals surface area contributed by atoms with Gasteiger partial charge in [0.15, 0.2) is 5.82 Å². The highest BCUT2D eigenvalue weighted by Gasteiger charge is 2.24. The Morgan fingerprint density at radius 3 is 3.00 bits per heavy atom. The molecule has 0 bridgehead atoms. The van der Waals surface area contributed by atoms with Crippen molar-refractivity contribution in [2.45, 2.75) is 51.6 Å². The maximum atomic E-state index is 5.30. The molecule has 1 aliphatic heterocycles. The van der Waals surface area contributed by atoms with Gasteiger partial charge in [-0.3, -0.25) is 4.90 Å². The number of methoxy groups -OCH3 is 1. The van der Waals surface area contributed by atoms with Gasteiger partial charge in [-0.05, 0) is 19.4 Å². The van der Waals surface area contributed by atoms with Gasteiger partial charge in [0.1, 0.15) is 0 Å². The lowest BCUT2D eigenvalue weighted by atomic mass is 10.0. The zero-order valence-electron chi connectivity index (χ0n) is 13.5. The van der Waals surface area contributed by atoms with Crippen LogP contribution in [0.25, 0.3) is 0 Å². The molecule has 6 heteroatoms. The Labute approximate surface area is 127 Å². The summed E-state index contributed by atoms with van der Waals surface area (Å²) in [4.78, 5) is 6.96. The van der Waals surface area contributed by atoms with E-state index in [0.29, 0.717) is 12.0 Å². The molecule has 0 saturated carbocycles. The highest BCUT2D eigenvalue weighted by molar-refractivity contribution is 4.92. The van der Waals surface area contributed by atoms with Gasteiger partial charge >= 0.3 is 0 Å². The van der Waals surface area contributed by atoms with Crippen LogP contribution in [0.4, 0.5) is 0 Å². The number of hydrogen-bond acceptors (Lipinski definition) is 6. The van der Waals surface area contributed by atoms with E-state index in [1.807, 2.05) is 0 Å². The second kappa shape index (κ2) is 8.46. The van der Waals surface area contributed by atoms with Crippen LogP contribution in [0.15, 0.2) is 4.52 Å². The molecule has 21 heavy (non-hydrogen) atoms. The number of ether oxygens (including phenoxy) is 1. The summed E-state index contributed by atoms with van der Waals surface area (Å²) in [5.74, 6) is 1.83. The lowest BCUT2D eigenvalue weighted by Crippen LogP contribution is -2.45. The highest BCUT2D eigenvalue weighted by Crippen LogP contribution is 2.19. The molecule has 2 heterocycles. The van der Waals surface area contributed by atoms with Crippen molar-refractivity contribution in [1.29, 1.82) is 0 Å². The maximum absolute atomic E-state index is 5.30. The Morgan fingerprint density at radius 1 is 1.43 bits per heavy atom. The van der Waals surface area contributed by atoms with Crippen molar-refractivity contribution in [3.05, 3.63) is 11.7 Å². The van der Waals surface area contributed by atoms with Crippen molar-refractivity contribution in [1.82, 2.24) is 20.4 Å². The largest absolute Gasteiger partial charge is 0.383 e. The average Bonchev–Trinajstić information content (AvgIpc) is 2.94. The fourth-order valence-corrected chi connectivity index (χ4v) is 2.69. The van der Waals surface area contributed by atoms with Crippen molar-refractivity contribution in [3.8, 4) is 0 Å². The molecular formula is C15H28N4O2. The SMILES string of the molecule is COCCNCC1CCCCN1Cc1noc(C(C)C)n1. The highest BCUT2D eigenvalue weighted by atomic mass is 16.5. The molecule has 0 amide bonds. The number of nitrogens with one attached hydrogen (secondary N) is 1. The van der Waals surface area contributed by atoms with E-state index in [0.717, 1.165) is 44.5 Å². The van der Waals surface area contributed by atoms with Crippen molar-refractivity contribution < 1.29 is 9.26 Å². The first-order valence-corrected chi connectivity index (χ1v) is 7.97. The first kappa shape index (κ1) is 16.4. The van der Waals surface area contributed by atoms with Gasteiger partial charge in [-0.1, -0.05) is 25.4 Å². The Hall–Kier alpha value is -0.980. The predicted molar refractivity (Wildman–Crippen MR) is 81.2 cm³/mol. The fraction of sp³-hybridized carbons (Fsp3) is 0.867. The molecule has 0 aromatic carbocycles. The van der Waals surface area contributed by atoms with Crippen LogP contribution < -0.4 is 5.32 Å². The van der Waals surface area contributed by atoms with E-state index in [-0.39, 0.29) is 0 Å². The minimum atomic E-state index is 0.291. The summed E-state index contributed by atoms with van der Waals surface area (Å²) in [7, 11) is 1.73. The lowest BCUT2D eigenvalue weighted by molar-refractivity contribution is 0.129. The van der Waals surface area contributed by atoms with Gasteiger partial charge in [0.05, 0.1) is 13.2 Å². The molecule has 1 N–H and O–H groups in total. The van der Waals surface area contributed by atoms with Crippen LogP contribution in [-0.4, -0.2) is 54.4 Å². The molecule has 1 unspecified atom stereocenters. The molecule has 1 atom stereocenters. The monoisotopic (exact) mass is 296 g/mol. The van der Waals surface area contributed by atoms with Crippen molar-refractivity contribution >= 4 is 0 Å². The topological polar surface area (TPSA) is 63.4 Å². The summed E-state index contributed by atoms with van der Waals surface area (Å²) in [5, 5.41) is 7.57. The zero-order chi connectivity index (χ0) is 15.1. The fourth-order valence-electron chi connectivity index (χ4n) is 2.69. The number of aromatic nitrogens is 2. The van der Waals surface area contributed by atoms with Crippen LogP contribution in [0.3, 0.4) is 0 Å². The second-order valence-electron chi connectivity index (χ2n) is 6.02. The van der Waals surface area contributed by atoms with Crippen LogP contribution in [0.2, 0.25) is 0 Å². The van der Waals surface area contributed by atoms with Crippen LogP contribution >= 0.6 is 0 Å². The van der Waals surface area contributed by atoms with Crippen LogP contribution in [-0.2, 0) is 11.3 Å². The van der Waals surface area contributed by atoms with E-state index in [1.165, 1.54) is 19.3 Å². The Kier molecular flexibility index (Phi) is 6.60. The van der Waals surface area contributed by atoms with Gasteiger partial charge < -0.3 is 14.6 Å². The minimum Gasteiger partial charge on any atom is -0.383 e. The lowest BCUT2D eigenvalue weighted by Gasteiger charge is -2.35. The minimum absolute atomic E-state index is 0.291. The van der Waals surface area contributed by atoms with Crippen LogP contribution in [0.1, 0.15) is 50.7 Å². The number of nitrogens with zero attached hydrogens (tertiary/aromatic N) is 3. The first-order chi connectivity index (χ1) is 10.2. The third kappa shape index (κ3) is 5.05. The standard InChI is InChI=1S/C15H28N4O2/c1-12(2)15-17-14(18-21-15)11-19-8-5-4-6-13(19)10-16-7-9-20-3/h12-13,16H,4-11H2,1-3H3. The van der Waals surface area contributed by atoms with E-state index < -0.39 is 0 Å². The summed E-state index contributed by atoms with van der Waals surface area (Å²) in [6, 6.07) is 0.552. The number of piperidine rings is 1. The molecule has 1 fully saturated rings. The van der Waals surface area contributed by atoms with Gasteiger partial charge in [0.25, 0.3) is 0 Å². The molecule has 1 aromatic heterocycles. The molecule has 0 aliphatic carbocycles. The third-order valence-corrected chi connectivity index (χ3v) is 3.93. The number of likely N-dealkylation sites (tertiary alicyclic amines) is 1. The van der Waals surface area contributed by atoms with Gasteiger partial charge in [0, 0.05) is 32.2 Å². The summed E-state index contributed by atoms with van der Waals surface area (Å²) < 4.78 is 10.4. The molecule has 0 radical (unpaired) electrons.